The quantitative estimate of drug-likeness (QED) is 0.144. The maximum Gasteiger partial charge on any atom is 0.573 e. The molecule has 1 heterocycles. The standard InChI is InChI=1S/C17H12F3NO2.C10H15N3S/c1-11-2-8-15-12(10-11)3-9-16(21-15)22-13-4-6-14(7-5-13)23-17(18,19)20;1-7(2)8-5-3-4-6-9(8)12-10(14)13-11/h2-10H,1H3;3-7H,11H2,1-2H3,(H2,12,13,14). The van der Waals surface area contributed by atoms with E-state index in [4.69, 9.17) is 22.8 Å². The Bertz CT molecular complexity index is 1350. The Morgan fingerprint density at radius 3 is 2.27 bits per heavy atom. The molecular weight excluding hydrogens is 501 g/mol. The van der Waals surface area contributed by atoms with Crippen molar-refractivity contribution in [1.82, 2.24) is 10.4 Å². The number of halogens is 3. The topological polar surface area (TPSA) is 81.4 Å². The predicted molar refractivity (Wildman–Crippen MR) is 144 cm³/mol. The van der Waals surface area contributed by atoms with Gasteiger partial charge >= 0.3 is 6.36 Å². The van der Waals surface area contributed by atoms with E-state index in [2.05, 4.69) is 40.4 Å². The number of fused-ring (bicyclic) bond motifs is 1. The Kier molecular flexibility index (Phi) is 9.26. The zero-order valence-corrected chi connectivity index (χ0v) is 21.3. The van der Waals surface area contributed by atoms with Crippen molar-refractivity contribution < 1.29 is 22.6 Å². The minimum atomic E-state index is -4.71. The lowest BCUT2D eigenvalue weighted by Crippen LogP contribution is -2.34. The van der Waals surface area contributed by atoms with Crippen LogP contribution in [0.25, 0.3) is 10.9 Å². The number of ether oxygens (including phenoxy) is 2. The van der Waals surface area contributed by atoms with E-state index < -0.39 is 6.36 Å². The Hall–Kier alpha value is -3.89. The molecule has 0 radical (unpaired) electrons. The Morgan fingerprint density at radius 1 is 0.946 bits per heavy atom. The lowest BCUT2D eigenvalue weighted by Gasteiger charge is -2.14. The first-order valence-electron chi connectivity index (χ1n) is 11.3. The summed E-state index contributed by atoms with van der Waals surface area (Å²) in [7, 11) is 0. The van der Waals surface area contributed by atoms with Crippen LogP contribution >= 0.6 is 12.2 Å². The number of pyridine rings is 1. The van der Waals surface area contributed by atoms with Gasteiger partial charge in [-0.3, -0.25) is 0 Å². The number of benzene rings is 3. The third-order valence-corrected chi connectivity index (χ3v) is 5.28. The number of nitrogens with two attached hydrogens (primary N) is 1. The largest absolute Gasteiger partial charge is 0.573 e. The first-order chi connectivity index (χ1) is 17.5. The molecule has 0 fully saturated rings. The number of hydrazine groups is 1. The molecule has 0 amide bonds. The summed E-state index contributed by atoms with van der Waals surface area (Å²) in [5, 5.41) is 4.46. The zero-order valence-electron chi connectivity index (χ0n) is 20.5. The van der Waals surface area contributed by atoms with Crippen molar-refractivity contribution in [2.45, 2.75) is 33.1 Å². The van der Waals surface area contributed by atoms with Crippen molar-refractivity contribution in [3.05, 3.63) is 90.0 Å². The van der Waals surface area contributed by atoms with Crippen LogP contribution < -0.4 is 26.1 Å². The second-order valence-electron chi connectivity index (χ2n) is 8.31. The summed E-state index contributed by atoms with van der Waals surface area (Å²) < 4.78 is 45.7. The van der Waals surface area contributed by atoms with E-state index in [9.17, 15) is 13.2 Å². The lowest BCUT2D eigenvalue weighted by atomic mass is 10.0. The number of hydrogen-bond acceptors (Lipinski definition) is 5. The van der Waals surface area contributed by atoms with Gasteiger partial charge in [-0.25, -0.2) is 10.8 Å². The number of alkyl halides is 3. The van der Waals surface area contributed by atoms with Gasteiger partial charge in [0.1, 0.15) is 11.5 Å². The number of aryl methyl sites for hydroxylation is 1. The smallest absolute Gasteiger partial charge is 0.439 e. The predicted octanol–water partition coefficient (Wildman–Crippen LogP) is 7.20. The molecule has 194 valence electrons. The van der Waals surface area contributed by atoms with E-state index in [1.807, 2.05) is 49.4 Å². The van der Waals surface area contributed by atoms with Crippen LogP contribution in [0.5, 0.6) is 17.4 Å². The van der Waals surface area contributed by atoms with Gasteiger partial charge in [-0.1, -0.05) is 43.7 Å². The van der Waals surface area contributed by atoms with Crippen LogP contribution in [0.3, 0.4) is 0 Å². The highest BCUT2D eigenvalue weighted by atomic mass is 32.1. The number of rotatable bonds is 5. The highest BCUT2D eigenvalue weighted by molar-refractivity contribution is 7.80. The van der Waals surface area contributed by atoms with Crippen molar-refractivity contribution in [2.75, 3.05) is 5.32 Å². The minimum Gasteiger partial charge on any atom is -0.439 e. The summed E-state index contributed by atoms with van der Waals surface area (Å²) in [6.07, 6.45) is -4.71. The van der Waals surface area contributed by atoms with E-state index >= 15 is 0 Å². The number of nitrogens with zero attached hydrogens (tertiary/aromatic N) is 1. The van der Waals surface area contributed by atoms with Gasteiger partial charge < -0.3 is 20.2 Å². The normalized spacial score (nSPS) is 10.9. The number of aromatic nitrogens is 1. The first-order valence-corrected chi connectivity index (χ1v) is 11.7. The van der Waals surface area contributed by atoms with Crippen LogP contribution in [0.2, 0.25) is 0 Å². The molecule has 0 unspecified atom stereocenters. The molecule has 10 heteroatoms. The molecule has 0 saturated carbocycles. The summed E-state index contributed by atoms with van der Waals surface area (Å²) in [6, 6.07) is 22.6. The summed E-state index contributed by atoms with van der Waals surface area (Å²) in [5.74, 6) is 6.09. The molecule has 0 saturated heterocycles. The van der Waals surface area contributed by atoms with Gasteiger partial charge in [-0.2, -0.15) is 0 Å². The van der Waals surface area contributed by atoms with Gasteiger partial charge in [0.05, 0.1) is 5.52 Å². The second-order valence-corrected chi connectivity index (χ2v) is 8.72. The number of nitrogens with one attached hydrogen (secondary N) is 2. The van der Waals surface area contributed by atoms with Gasteiger partial charge in [-0.15, -0.1) is 13.2 Å². The molecule has 0 atom stereocenters. The van der Waals surface area contributed by atoms with Crippen molar-refractivity contribution >= 4 is 33.9 Å². The number of anilines is 1. The fourth-order valence-corrected chi connectivity index (χ4v) is 3.50. The highest BCUT2D eigenvalue weighted by Crippen LogP contribution is 2.28. The molecule has 3 aromatic carbocycles. The third kappa shape index (κ3) is 8.62. The molecular formula is C27H27F3N4O2S. The molecule has 1 aromatic heterocycles. The van der Waals surface area contributed by atoms with Crippen molar-refractivity contribution in [3.8, 4) is 17.4 Å². The molecule has 0 aliphatic heterocycles. The third-order valence-electron chi connectivity index (χ3n) is 5.06. The number of para-hydroxylation sites is 1. The average Bonchev–Trinajstić information content (AvgIpc) is 2.85. The van der Waals surface area contributed by atoms with E-state index in [0.29, 0.717) is 22.7 Å². The molecule has 0 spiro atoms. The Balaban J connectivity index is 0.000000233. The molecule has 0 bridgehead atoms. The second kappa shape index (κ2) is 12.4. The average molecular weight is 529 g/mol. The zero-order chi connectivity index (χ0) is 27.0. The van der Waals surface area contributed by atoms with Crippen molar-refractivity contribution in [3.63, 3.8) is 0 Å². The maximum absolute atomic E-state index is 12.1. The van der Waals surface area contributed by atoms with E-state index in [1.54, 1.807) is 6.07 Å². The molecule has 4 N–H and O–H groups in total. The van der Waals surface area contributed by atoms with Gasteiger partial charge in [-0.05, 0) is 79.2 Å². The van der Waals surface area contributed by atoms with Crippen LogP contribution in [0, 0.1) is 6.92 Å². The fraction of sp³-hybridized carbons (Fsp3) is 0.185. The summed E-state index contributed by atoms with van der Waals surface area (Å²) in [4.78, 5) is 4.36. The van der Waals surface area contributed by atoms with E-state index in [0.717, 1.165) is 22.2 Å². The van der Waals surface area contributed by atoms with Crippen molar-refractivity contribution in [1.29, 1.82) is 0 Å². The number of hydrogen-bond donors (Lipinski definition) is 3. The fourth-order valence-electron chi connectivity index (χ4n) is 3.39. The van der Waals surface area contributed by atoms with Crippen molar-refractivity contribution in [2.24, 2.45) is 5.84 Å². The van der Waals surface area contributed by atoms with Crippen LogP contribution in [0.4, 0.5) is 18.9 Å². The van der Waals surface area contributed by atoms with E-state index in [1.165, 1.54) is 29.8 Å². The summed E-state index contributed by atoms with van der Waals surface area (Å²) in [5.41, 5.74) is 6.55. The van der Waals surface area contributed by atoms with Crippen LogP contribution in [0.1, 0.15) is 30.9 Å². The molecule has 0 aliphatic rings. The van der Waals surface area contributed by atoms with E-state index in [-0.39, 0.29) is 5.75 Å². The monoisotopic (exact) mass is 528 g/mol. The van der Waals surface area contributed by atoms with Crippen LogP contribution in [-0.4, -0.2) is 16.5 Å². The molecule has 37 heavy (non-hydrogen) atoms. The number of thiocarbonyl (C=S) groups is 1. The Morgan fingerprint density at radius 2 is 1.62 bits per heavy atom. The molecule has 6 nitrogen and oxygen atoms in total. The van der Waals surface area contributed by atoms with Gasteiger partial charge in [0.15, 0.2) is 5.11 Å². The Labute approximate surface area is 218 Å². The SMILES string of the molecule is CC(C)c1ccccc1NC(=S)NN.Cc1ccc2nc(Oc3ccc(OC(F)(F)F)cc3)ccc2c1. The van der Waals surface area contributed by atoms with Gasteiger partial charge in [0.25, 0.3) is 0 Å². The first kappa shape index (κ1) is 27.7. The van der Waals surface area contributed by atoms with Gasteiger partial charge in [0.2, 0.25) is 5.88 Å². The van der Waals surface area contributed by atoms with Crippen LogP contribution in [0.15, 0.2) is 78.9 Å². The molecule has 0 aliphatic carbocycles. The minimum absolute atomic E-state index is 0.299. The van der Waals surface area contributed by atoms with Gasteiger partial charge in [0, 0.05) is 17.1 Å². The van der Waals surface area contributed by atoms with Crippen LogP contribution in [-0.2, 0) is 0 Å². The summed E-state index contributed by atoms with van der Waals surface area (Å²) >= 11 is 4.94. The molecule has 4 aromatic rings. The lowest BCUT2D eigenvalue weighted by molar-refractivity contribution is -0.274. The highest BCUT2D eigenvalue weighted by Gasteiger charge is 2.31. The molecule has 4 rings (SSSR count). The maximum atomic E-state index is 12.1. The summed E-state index contributed by atoms with van der Waals surface area (Å²) in [6.45, 7) is 6.27.